The van der Waals surface area contributed by atoms with Gasteiger partial charge in [0.2, 0.25) is 5.91 Å². The summed E-state index contributed by atoms with van der Waals surface area (Å²) >= 11 is 0. The number of rotatable bonds is 6. The molecule has 3 rings (SSSR count). The highest BCUT2D eigenvalue weighted by Gasteiger charge is 2.17. The van der Waals surface area contributed by atoms with E-state index in [1.165, 1.54) is 6.42 Å². The lowest BCUT2D eigenvalue weighted by Crippen LogP contribution is -2.30. The van der Waals surface area contributed by atoms with Gasteiger partial charge < -0.3 is 15.0 Å². The van der Waals surface area contributed by atoms with E-state index < -0.39 is 5.97 Å². The van der Waals surface area contributed by atoms with E-state index in [0.717, 1.165) is 42.9 Å². The van der Waals surface area contributed by atoms with Crippen molar-refractivity contribution in [2.24, 2.45) is 0 Å². The average molecular weight is 352 g/mol. The molecule has 5 heteroatoms. The van der Waals surface area contributed by atoms with Gasteiger partial charge in [-0.2, -0.15) is 0 Å². The zero-order valence-corrected chi connectivity index (χ0v) is 14.8. The number of hydrogen-bond donors (Lipinski definition) is 1. The van der Waals surface area contributed by atoms with E-state index in [-0.39, 0.29) is 18.9 Å². The van der Waals surface area contributed by atoms with Gasteiger partial charge in [-0.05, 0) is 37.0 Å². The van der Waals surface area contributed by atoms with E-state index >= 15 is 0 Å². The van der Waals surface area contributed by atoms with Crippen molar-refractivity contribution in [3.05, 3.63) is 60.2 Å². The van der Waals surface area contributed by atoms with Gasteiger partial charge in [-0.3, -0.25) is 9.59 Å². The topological polar surface area (TPSA) is 58.6 Å². The highest BCUT2D eigenvalue weighted by atomic mass is 16.5. The molecule has 0 aliphatic carbocycles. The summed E-state index contributed by atoms with van der Waals surface area (Å²) in [5.74, 6) is -0.880. The van der Waals surface area contributed by atoms with Gasteiger partial charge in [0.25, 0.3) is 0 Å². The third-order valence-electron chi connectivity index (χ3n) is 4.42. The second-order valence-corrected chi connectivity index (χ2v) is 6.44. The summed E-state index contributed by atoms with van der Waals surface area (Å²) in [6.07, 6.45) is 3.28. The van der Waals surface area contributed by atoms with Crippen molar-refractivity contribution >= 4 is 23.3 Å². The Morgan fingerprint density at radius 1 is 0.923 bits per heavy atom. The number of piperidine rings is 1. The molecule has 5 nitrogen and oxygen atoms in total. The zero-order chi connectivity index (χ0) is 18.2. The lowest BCUT2D eigenvalue weighted by Gasteiger charge is -2.30. The maximum absolute atomic E-state index is 12.2. The normalized spacial score (nSPS) is 13.9. The van der Waals surface area contributed by atoms with E-state index in [2.05, 4.69) is 10.2 Å². The number of esters is 1. The van der Waals surface area contributed by atoms with Crippen molar-refractivity contribution < 1.29 is 14.3 Å². The minimum atomic E-state index is -0.526. The van der Waals surface area contributed by atoms with Gasteiger partial charge >= 0.3 is 5.97 Å². The number of para-hydroxylation sites is 2. The molecule has 1 N–H and O–H groups in total. The van der Waals surface area contributed by atoms with Crippen LogP contribution >= 0.6 is 0 Å². The van der Waals surface area contributed by atoms with Crippen molar-refractivity contribution in [2.75, 3.05) is 23.3 Å². The Morgan fingerprint density at radius 2 is 1.62 bits per heavy atom. The van der Waals surface area contributed by atoms with Gasteiger partial charge in [-0.1, -0.05) is 42.5 Å². The largest absolute Gasteiger partial charge is 0.460 e. The van der Waals surface area contributed by atoms with Crippen molar-refractivity contribution in [2.45, 2.75) is 32.3 Å². The van der Waals surface area contributed by atoms with Gasteiger partial charge in [0.15, 0.2) is 0 Å². The molecule has 0 spiro atoms. The first-order valence-electron chi connectivity index (χ1n) is 9.06. The average Bonchev–Trinajstić information content (AvgIpc) is 2.68. The van der Waals surface area contributed by atoms with Crippen LogP contribution in [0, 0.1) is 0 Å². The molecule has 0 aromatic heterocycles. The third-order valence-corrected chi connectivity index (χ3v) is 4.42. The SMILES string of the molecule is O=C(CC(=O)OCc1ccccc1)Nc1ccccc1N1CCCCC1. The maximum atomic E-state index is 12.2. The number of hydrogen-bond acceptors (Lipinski definition) is 4. The Bertz CT molecular complexity index is 740. The van der Waals surface area contributed by atoms with Gasteiger partial charge in [-0.25, -0.2) is 0 Å². The molecule has 0 radical (unpaired) electrons. The number of carbonyl (C=O) groups excluding carboxylic acids is 2. The van der Waals surface area contributed by atoms with Gasteiger partial charge in [0, 0.05) is 13.1 Å². The Balaban J connectivity index is 1.54. The van der Waals surface area contributed by atoms with Gasteiger partial charge in [0.05, 0.1) is 11.4 Å². The van der Waals surface area contributed by atoms with E-state index in [0.29, 0.717) is 0 Å². The maximum Gasteiger partial charge on any atom is 0.315 e. The lowest BCUT2D eigenvalue weighted by molar-refractivity contribution is -0.146. The molecule has 0 unspecified atom stereocenters. The zero-order valence-electron chi connectivity index (χ0n) is 14.8. The fourth-order valence-corrected chi connectivity index (χ4v) is 3.10. The van der Waals surface area contributed by atoms with Crippen LogP contribution in [0.5, 0.6) is 0 Å². The fraction of sp³-hybridized carbons (Fsp3) is 0.333. The van der Waals surface area contributed by atoms with E-state index in [1.807, 2.05) is 54.6 Å². The fourth-order valence-electron chi connectivity index (χ4n) is 3.10. The molecule has 136 valence electrons. The standard InChI is InChI=1S/C21H24N2O3/c24-20(15-21(25)26-16-17-9-3-1-4-10-17)22-18-11-5-6-12-19(18)23-13-7-2-8-14-23/h1,3-6,9-12H,2,7-8,13-16H2,(H,22,24). The van der Waals surface area contributed by atoms with Crippen LogP contribution in [-0.4, -0.2) is 25.0 Å². The predicted molar refractivity (Wildman–Crippen MR) is 102 cm³/mol. The van der Waals surface area contributed by atoms with Crippen molar-refractivity contribution in [1.29, 1.82) is 0 Å². The summed E-state index contributed by atoms with van der Waals surface area (Å²) in [6.45, 7) is 2.16. The number of anilines is 2. The highest BCUT2D eigenvalue weighted by Crippen LogP contribution is 2.28. The second kappa shape index (κ2) is 9.04. The smallest absolute Gasteiger partial charge is 0.315 e. The minimum absolute atomic E-state index is 0.178. The Kier molecular flexibility index (Phi) is 6.25. The molecule has 2 aromatic rings. The van der Waals surface area contributed by atoms with Crippen molar-refractivity contribution in [1.82, 2.24) is 0 Å². The molecule has 1 amide bonds. The molecule has 1 aliphatic heterocycles. The molecule has 0 saturated carbocycles. The minimum Gasteiger partial charge on any atom is -0.460 e. The Labute approximate surface area is 154 Å². The number of amides is 1. The van der Waals surface area contributed by atoms with Gasteiger partial charge in [-0.15, -0.1) is 0 Å². The van der Waals surface area contributed by atoms with Crippen LogP contribution in [0.15, 0.2) is 54.6 Å². The van der Waals surface area contributed by atoms with Crippen molar-refractivity contribution in [3.8, 4) is 0 Å². The number of carbonyl (C=O) groups is 2. The quantitative estimate of drug-likeness (QED) is 0.635. The summed E-state index contributed by atoms with van der Waals surface area (Å²) in [4.78, 5) is 26.4. The molecule has 1 saturated heterocycles. The third kappa shape index (κ3) is 5.09. The monoisotopic (exact) mass is 352 g/mol. The van der Waals surface area contributed by atoms with Crippen LogP contribution in [0.25, 0.3) is 0 Å². The summed E-state index contributed by atoms with van der Waals surface area (Å²) in [7, 11) is 0. The summed E-state index contributed by atoms with van der Waals surface area (Å²) in [5.41, 5.74) is 2.66. The van der Waals surface area contributed by atoms with Crippen LogP contribution in [0.2, 0.25) is 0 Å². The first kappa shape index (κ1) is 18.0. The predicted octanol–water partition coefficient (Wildman–Crippen LogP) is 3.75. The van der Waals surface area contributed by atoms with Crippen LogP contribution in [0.4, 0.5) is 11.4 Å². The summed E-state index contributed by atoms with van der Waals surface area (Å²) in [6, 6.07) is 17.2. The molecular formula is C21H24N2O3. The van der Waals surface area contributed by atoms with E-state index in [4.69, 9.17) is 4.74 Å². The number of ether oxygens (including phenoxy) is 1. The molecule has 0 atom stereocenters. The highest BCUT2D eigenvalue weighted by molar-refractivity contribution is 6.03. The Hall–Kier alpha value is -2.82. The lowest BCUT2D eigenvalue weighted by atomic mass is 10.1. The first-order valence-corrected chi connectivity index (χ1v) is 9.06. The van der Waals surface area contributed by atoms with Crippen LogP contribution in [0.1, 0.15) is 31.2 Å². The summed E-state index contributed by atoms with van der Waals surface area (Å²) in [5, 5.41) is 2.86. The van der Waals surface area contributed by atoms with E-state index in [1.54, 1.807) is 0 Å². The number of nitrogens with zero attached hydrogens (tertiary/aromatic N) is 1. The molecule has 1 heterocycles. The van der Waals surface area contributed by atoms with Crippen LogP contribution < -0.4 is 10.2 Å². The molecular weight excluding hydrogens is 328 g/mol. The molecule has 26 heavy (non-hydrogen) atoms. The molecule has 0 bridgehead atoms. The number of benzene rings is 2. The van der Waals surface area contributed by atoms with Crippen LogP contribution in [0.3, 0.4) is 0 Å². The Morgan fingerprint density at radius 3 is 2.38 bits per heavy atom. The molecule has 1 fully saturated rings. The van der Waals surface area contributed by atoms with Gasteiger partial charge in [0.1, 0.15) is 13.0 Å². The number of nitrogens with one attached hydrogen (secondary N) is 1. The summed E-state index contributed by atoms with van der Waals surface area (Å²) < 4.78 is 5.17. The first-order chi connectivity index (χ1) is 12.7. The van der Waals surface area contributed by atoms with Crippen LogP contribution in [-0.2, 0) is 20.9 Å². The molecule has 2 aromatic carbocycles. The second-order valence-electron chi connectivity index (χ2n) is 6.44. The van der Waals surface area contributed by atoms with Crippen molar-refractivity contribution in [3.63, 3.8) is 0 Å². The van der Waals surface area contributed by atoms with E-state index in [9.17, 15) is 9.59 Å². The molecule has 1 aliphatic rings.